The number of amides is 1. The second-order valence-corrected chi connectivity index (χ2v) is 6.57. The first-order valence-electron chi connectivity index (χ1n) is 9.05. The van der Waals surface area contributed by atoms with Crippen LogP contribution in [0.4, 0.5) is 4.39 Å². The van der Waals surface area contributed by atoms with Gasteiger partial charge in [-0.05, 0) is 74.2 Å². The summed E-state index contributed by atoms with van der Waals surface area (Å²) in [6.07, 6.45) is 5.45. The van der Waals surface area contributed by atoms with Crippen LogP contribution in [-0.4, -0.2) is 24.0 Å². The average molecular weight is 430 g/mol. The van der Waals surface area contributed by atoms with Crippen molar-refractivity contribution in [2.24, 2.45) is 5.92 Å². The number of pyridine rings is 1. The zero-order valence-corrected chi connectivity index (χ0v) is 17.2. The molecule has 5 nitrogen and oxygen atoms in total. The molecule has 2 aromatic rings. The van der Waals surface area contributed by atoms with E-state index in [0.29, 0.717) is 30.5 Å². The van der Waals surface area contributed by atoms with Gasteiger partial charge in [0.25, 0.3) is 0 Å². The van der Waals surface area contributed by atoms with Crippen molar-refractivity contribution < 1.29 is 13.9 Å². The van der Waals surface area contributed by atoms with E-state index in [0.717, 1.165) is 37.9 Å². The Morgan fingerprint density at radius 3 is 2.61 bits per heavy atom. The Bertz CT molecular complexity index is 726. The first-order chi connectivity index (χ1) is 12.7. The maximum absolute atomic E-state index is 12.9. The number of ether oxygens (including phenoxy) is 1. The predicted octanol–water partition coefficient (Wildman–Crippen LogP) is 4.25. The van der Waals surface area contributed by atoms with E-state index in [9.17, 15) is 9.18 Å². The van der Waals surface area contributed by atoms with Crippen molar-refractivity contribution >= 4 is 30.7 Å². The molecule has 3 rings (SSSR count). The van der Waals surface area contributed by atoms with E-state index in [1.165, 1.54) is 12.1 Å². The van der Waals surface area contributed by atoms with Crippen LogP contribution in [-0.2, 0) is 11.3 Å². The largest absolute Gasteiger partial charge is 0.439 e. The van der Waals surface area contributed by atoms with Gasteiger partial charge < -0.3 is 15.4 Å². The molecule has 1 aliphatic heterocycles. The Morgan fingerprint density at radius 1 is 1.18 bits per heavy atom. The van der Waals surface area contributed by atoms with Crippen molar-refractivity contribution in [2.75, 3.05) is 13.1 Å². The van der Waals surface area contributed by atoms with Gasteiger partial charge >= 0.3 is 0 Å². The average Bonchev–Trinajstić information content (AvgIpc) is 2.68. The Hall–Kier alpha value is -1.89. The lowest BCUT2D eigenvalue weighted by molar-refractivity contribution is -0.121. The summed E-state index contributed by atoms with van der Waals surface area (Å²) in [4.78, 5) is 16.2. The molecule has 0 saturated carbocycles. The van der Waals surface area contributed by atoms with Gasteiger partial charge in [-0.3, -0.25) is 4.79 Å². The fraction of sp³-hybridized carbons (Fsp3) is 0.400. The van der Waals surface area contributed by atoms with Gasteiger partial charge in [-0.15, -0.1) is 24.8 Å². The first kappa shape index (κ1) is 24.1. The van der Waals surface area contributed by atoms with Crippen LogP contribution in [0.5, 0.6) is 11.6 Å². The third-order valence-electron chi connectivity index (χ3n) is 4.56. The molecule has 2 heterocycles. The molecule has 1 aliphatic rings. The highest BCUT2D eigenvalue weighted by molar-refractivity contribution is 5.85. The van der Waals surface area contributed by atoms with E-state index in [1.54, 1.807) is 24.4 Å². The quantitative estimate of drug-likeness (QED) is 0.690. The zero-order chi connectivity index (χ0) is 18.2. The number of nitrogens with zero attached hydrogens (tertiary/aromatic N) is 1. The summed E-state index contributed by atoms with van der Waals surface area (Å²) < 4.78 is 18.5. The summed E-state index contributed by atoms with van der Waals surface area (Å²) in [6.45, 7) is 2.55. The molecule has 1 fully saturated rings. The van der Waals surface area contributed by atoms with Gasteiger partial charge in [0.2, 0.25) is 11.8 Å². The van der Waals surface area contributed by atoms with Gasteiger partial charge in [0.1, 0.15) is 11.6 Å². The summed E-state index contributed by atoms with van der Waals surface area (Å²) in [5.41, 5.74) is 0.910. The van der Waals surface area contributed by atoms with Gasteiger partial charge in [0.05, 0.1) is 0 Å². The van der Waals surface area contributed by atoms with Crippen molar-refractivity contribution in [1.82, 2.24) is 15.6 Å². The van der Waals surface area contributed by atoms with Crippen LogP contribution < -0.4 is 15.4 Å². The third kappa shape index (κ3) is 8.00. The smallest absolute Gasteiger partial charge is 0.220 e. The Balaban J connectivity index is 0.00000196. The van der Waals surface area contributed by atoms with Crippen LogP contribution in [0.1, 0.15) is 31.2 Å². The summed E-state index contributed by atoms with van der Waals surface area (Å²) >= 11 is 0. The minimum atomic E-state index is -0.314. The number of carbonyl (C=O) groups is 1. The summed E-state index contributed by atoms with van der Waals surface area (Å²) in [5.74, 6) is 1.34. The molecule has 1 aromatic carbocycles. The molecule has 8 heteroatoms. The maximum atomic E-state index is 12.9. The molecule has 1 amide bonds. The van der Waals surface area contributed by atoms with Crippen LogP contribution in [0.3, 0.4) is 0 Å². The van der Waals surface area contributed by atoms with Gasteiger partial charge in [-0.2, -0.15) is 0 Å². The molecular formula is C20H26Cl2FN3O2. The molecule has 0 radical (unpaired) electrons. The number of rotatable bonds is 7. The lowest BCUT2D eigenvalue weighted by Gasteiger charge is -2.22. The van der Waals surface area contributed by atoms with E-state index >= 15 is 0 Å². The van der Waals surface area contributed by atoms with Gasteiger partial charge in [-0.1, -0.05) is 0 Å². The normalized spacial score (nSPS) is 13.8. The van der Waals surface area contributed by atoms with E-state index in [-0.39, 0.29) is 36.5 Å². The van der Waals surface area contributed by atoms with Crippen LogP contribution >= 0.6 is 24.8 Å². The van der Waals surface area contributed by atoms with E-state index < -0.39 is 0 Å². The maximum Gasteiger partial charge on any atom is 0.220 e. The summed E-state index contributed by atoms with van der Waals surface area (Å²) in [6, 6.07) is 9.38. The van der Waals surface area contributed by atoms with Gasteiger partial charge in [0, 0.05) is 25.2 Å². The molecule has 1 saturated heterocycles. The number of piperidine rings is 1. The number of aromatic nitrogens is 1. The standard InChI is InChI=1S/C20H24FN3O2.2ClH/c21-17-2-4-18(5-3-17)26-20-13-16(9-12-23-20)14-24-19(25)6-1-15-7-10-22-11-8-15;;/h2-5,9,12-13,15,22H,1,6-8,10-11,14H2,(H,24,25);2*1H. The molecule has 28 heavy (non-hydrogen) atoms. The van der Waals surface area contributed by atoms with Gasteiger partial charge in [0.15, 0.2) is 0 Å². The molecule has 1 aromatic heterocycles. The number of carbonyl (C=O) groups excluding carboxylic acids is 1. The van der Waals surface area contributed by atoms with Crippen LogP contribution in [0.2, 0.25) is 0 Å². The number of halogens is 3. The molecule has 0 spiro atoms. The highest BCUT2D eigenvalue weighted by atomic mass is 35.5. The van der Waals surface area contributed by atoms with Crippen LogP contribution in [0.15, 0.2) is 42.6 Å². The zero-order valence-electron chi connectivity index (χ0n) is 15.5. The second kappa shape index (κ2) is 12.5. The molecule has 0 atom stereocenters. The van der Waals surface area contributed by atoms with Crippen molar-refractivity contribution in [3.05, 3.63) is 54.0 Å². The molecule has 2 N–H and O–H groups in total. The number of nitrogens with one attached hydrogen (secondary N) is 2. The fourth-order valence-electron chi connectivity index (χ4n) is 3.03. The molecule has 0 aliphatic carbocycles. The number of benzene rings is 1. The van der Waals surface area contributed by atoms with E-state index in [4.69, 9.17) is 4.74 Å². The topological polar surface area (TPSA) is 63.2 Å². The van der Waals surface area contributed by atoms with Crippen molar-refractivity contribution in [2.45, 2.75) is 32.2 Å². The number of hydrogen-bond donors (Lipinski definition) is 2. The van der Waals surface area contributed by atoms with Gasteiger partial charge in [-0.25, -0.2) is 9.37 Å². The molecule has 0 unspecified atom stereocenters. The third-order valence-corrected chi connectivity index (χ3v) is 4.56. The lowest BCUT2D eigenvalue weighted by Crippen LogP contribution is -2.29. The predicted molar refractivity (Wildman–Crippen MR) is 112 cm³/mol. The van der Waals surface area contributed by atoms with Crippen molar-refractivity contribution in [3.8, 4) is 11.6 Å². The van der Waals surface area contributed by atoms with Crippen LogP contribution in [0.25, 0.3) is 0 Å². The second-order valence-electron chi connectivity index (χ2n) is 6.57. The fourth-order valence-corrected chi connectivity index (χ4v) is 3.03. The minimum Gasteiger partial charge on any atom is -0.439 e. The SMILES string of the molecule is Cl.Cl.O=C(CCC1CCNCC1)NCc1ccnc(Oc2ccc(F)cc2)c1. The van der Waals surface area contributed by atoms with E-state index in [2.05, 4.69) is 15.6 Å². The first-order valence-corrected chi connectivity index (χ1v) is 9.05. The Labute approximate surface area is 177 Å². The molecular weight excluding hydrogens is 404 g/mol. The van der Waals surface area contributed by atoms with Crippen molar-refractivity contribution in [3.63, 3.8) is 0 Å². The van der Waals surface area contributed by atoms with E-state index in [1.807, 2.05) is 6.07 Å². The molecule has 154 valence electrons. The summed E-state index contributed by atoms with van der Waals surface area (Å²) in [7, 11) is 0. The summed E-state index contributed by atoms with van der Waals surface area (Å²) in [5, 5.41) is 6.29. The highest BCUT2D eigenvalue weighted by Gasteiger charge is 2.14. The Morgan fingerprint density at radius 2 is 1.89 bits per heavy atom. The minimum absolute atomic E-state index is 0. The Kier molecular flexibility index (Phi) is 10.8. The molecule has 0 bridgehead atoms. The highest BCUT2D eigenvalue weighted by Crippen LogP contribution is 2.20. The lowest BCUT2D eigenvalue weighted by atomic mass is 9.93. The number of hydrogen-bond acceptors (Lipinski definition) is 4. The monoisotopic (exact) mass is 429 g/mol. The van der Waals surface area contributed by atoms with Crippen molar-refractivity contribution in [1.29, 1.82) is 0 Å². The van der Waals surface area contributed by atoms with Crippen LogP contribution in [0, 0.1) is 11.7 Å².